The predicted octanol–water partition coefficient (Wildman–Crippen LogP) is 2.40. The lowest BCUT2D eigenvalue weighted by molar-refractivity contribution is 0.347. The van der Waals surface area contributed by atoms with Crippen molar-refractivity contribution in [3.05, 3.63) is 12.0 Å². The Hall–Kier alpha value is -1.65. The minimum absolute atomic E-state index is 0. The van der Waals surface area contributed by atoms with Crippen molar-refractivity contribution < 1.29 is 0 Å². The molecular formula is C12H21N5. The van der Waals surface area contributed by atoms with Gasteiger partial charge in [-0.3, -0.25) is 0 Å². The molecule has 2 rings (SSSR count). The molecule has 0 bridgehead atoms. The van der Waals surface area contributed by atoms with Crippen molar-refractivity contribution in [3.63, 3.8) is 0 Å². The predicted molar refractivity (Wildman–Crippen MR) is 70.7 cm³/mol. The summed E-state index contributed by atoms with van der Waals surface area (Å²) in [4.78, 5) is 12.7. The molecule has 2 aromatic heterocycles. The third-order valence-electron chi connectivity index (χ3n) is 2.30. The van der Waals surface area contributed by atoms with Gasteiger partial charge in [-0.2, -0.15) is 4.98 Å². The fraction of sp³-hybridized carbons (Fsp3) is 0.583. The number of imidazole rings is 1. The molecular weight excluding hydrogens is 214 g/mol. The van der Waals surface area contributed by atoms with Crippen LogP contribution in [0.25, 0.3) is 11.2 Å². The highest BCUT2D eigenvalue weighted by Gasteiger charge is 2.15. The Kier molecular flexibility index (Phi) is 3.40. The Labute approximate surface area is 102 Å². The van der Waals surface area contributed by atoms with E-state index in [9.17, 15) is 0 Å². The maximum absolute atomic E-state index is 5.65. The smallest absolute Gasteiger partial charge is 0.222 e. The van der Waals surface area contributed by atoms with Gasteiger partial charge in [-0.05, 0) is 12.3 Å². The largest absolute Gasteiger partial charge is 0.368 e. The maximum atomic E-state index is 5.65. The van der Waals surface area contributed by atoms with Crippen LogP contribution >= 0.6 is 0 Å². The number of hydrogen-bond donors (Lipinski definition) is 1. The molecule has 0 aliphatic carbocycles. The number of rotatable bonds is 1. The van der Waals surface area contributed by atoms with Crippen LogP contribution in [-0.4, -0.2) is 19.5 Å². The summed E-state index contributed by atoms with van der Waals surface area (Å²) in [6, 6.07) is 0. The van der Waals surface area contributed by atoms with Gasteiger partial charge in [-0.1, -0.05) is 28.2 Å². The molecule has 0 unspecified atom stereocenters. The molecule has 0 aromatic carbocycles. The van der Waals surface area contributed by atoms with E-state index in [0.29, 0.717) is 5.95 Å². The van der Waals surface area contributed by atoms with Crippen molar-refractivity contribution in [3.8, 4) is 0 Å². The average Bonchev–Trinajstić information content (AvgIpc) is 2.46. The Morgan fingerprint density at radius 3 is 2.53 bits per heavy atom. The first kappa shape index (κ1) is 13.4. The number of fused-ring (bicyclic) bond motifs is 1. The molecule has 0 fully saturated rings. The number of nitrogen functional groups attached to an aromatic ring is 1. The van der Waals surface area contributed by atoms with E-state index in [1.54, 1.807) is 6.33 Å². The lowest BCUT2D eigenvalue weighted by Gasteiger charge is -2.18. The SMILES string of the molecule is C.Cc1nc(N)nc2c1ncn2CC(C)(C)C. The molecule has 0 aliphatic rings. The van der Waals surface area contributed by atoms with E-state index in [1.807, 2.05) is 11.5 Å². The fourth-order valence-corrected chi connectivity index (χ4v) is 1.73. The van der Waals surface area contributed by atoms with Crippen LogP contribution in [0.4, 0.5) is 5.95 Å². The zero-order valence-electron chi connectivity index (χ0n) is 10.2. The first-order valence-corrected chi connectivity index (χ1v) is 5.32. The number of nitrogens with zero attached hydrogens (tertiary/aromatic N) is 4. The highest BCUT2D eigenvalue weighted by molar-refractivity contribution is 5.74. The van der Waals surface area contributed by atoms with Crippen molar-refractivity contribution in [1.29, 1.82) is 0 Å². The van der Waals surface area contributed by atoms with E-state index >= 15 is 0 Å². The second-order valence-electron chi connectivity index (χ2n) is 5.27. The van der Waals surface area contributed by atoms with Gasteiger partial charge in [0.2, 0.25) is 5.95 Å². The van der Waals surface area contributed by atoms with Crippen LogP contribution < -0.4 is 5.73 Å². The highest BCUT2D eigenvalue weighted by atomic mass is 15.1. The quantitative estimate of drug-likeness (QED) is 0.824. The van der Waals surface area contributed by atoms with Gasteiger partial charge in [-0.15, -0.1) is 0 Å². The number of hydrogen-bond acceptors (Lipinski definition) is 4. The van der Waals surface area contributed by atoms with Crippen molar-refractivity contribution in [2.75, 3.05) is 5.73 Å². The van der Waals surface area contributed by atoms with E-state index in [0.717, 1.165) is 23.4 Å². The first-order valence-electron chi connectivity index (χ1n) is 5.32. The number of aryl methyl sites for hydroxylation is 1. The zero-order chi connectivity index (χ0) is 11.9. The second-order valence-corrected chi connectivity index (χ2v) is 5.27. The van der Waals surface area contributed by atoms with Gasteiger partial charge in [0.25, 0.3) is 0 Å². The van der Waals surface area contributed by atoms with Gasteiger partial charge >= 0.3 is 0 Å². The molecule has 0 aliphatic heterocycles. The van der Waals surface area contributed by atoms with Crippen molar-refractivity contribution in [1.82, 2.24) is 19.5 Å². The average molecular weight is 235 g/mol. The van der Waals surface area contributed by atoms with Crippen LogP contribution in [-0.2, 0) is 6.54 Å². The molecule has 2 N–H and O–H groups in total. The summed E-state index contributed by atoms with van der Waals surface area (Å²) in [5.74, 6) is 0.306. The maximum Gasteiger partial charge on any atom is 0.222 e. The van der Waals surface area contributed by atoms with E-state index in [-0.39, 0.29) is 12.8 Å². The zero-order valence-corrected chi connectivity index (χ0v) is 10.2. The van der Waals surface area contributed by atoms with Crippen molar-refractivity contribution in [2.24, 2.45) is 5.41 Å². The standard InChI is InChI=1S/C11H17N5.CH4/c1-7-8-9(15-10(12)14-7)16(6-13-8)5-11(2,3)4;/h6H,5H2,1-4H3,(H2,12,14,15);1H4. The third kappa shape index (κ3) is 2.72. The molecule has 2 heterocycles. The van der Waals surface area contributed by atoms with E-state index in [1.165, 1.54) is 0 Å². The van der Waals surface area contributed by atoms with Crippen LogP contribution in [0.3, 0.4) is 0 Å². The normalized spacial score (nSPS) is 11.5. The lowest BCUT2D eigenvalue weighted by Crippen LogP contribution is -2.15. The molecule has 0 atom stereocenters. The van der Waals surface area contributed by atoms with Crippen molar-refractivity contribution >= 4 is 17.1 Å². The van der Waals surface area contributed by atoms with E-state index < -0.39 is 0 Å². The Balaban J connectivity index is 0.00000144. The minimum atomic E-state index is 0. The number of anilines is 1. The number of nitrogens with two attached hydrogens (primary N) is 1. The Morgan fingerprint density at radius 1 is 1.29 bits per heavy atom. The third-order valence-corrected chi connectivity index (χ3v) is 2.30. The molecule has 0 radical (unpaired) electrons. The van der Waals surface area contributed by atoms with Crippen LogP contribution in [0.1, 0.15) is 33.9 Å². The highest BCUT2D eigenvalue weighted by Crippen LogP contribution is 2.21. The van der Waals surface area contributed by atoms with Gasteiger partial charge in [0.05, 0.1) is 12.0 Å². The summed E-state index contributed by atoms with van der Waals surface area (Å²) >= 11 is 0. The summed E-state index contributed by atoms with van der Waals surface area (Å²) in [5, 5.41) is 0. The second kappa shape index (κ2) is 4.31. The van der Waals surface area contributed by atoms with Gasteiger partial charge in [-0.25, -0.2) is 9.97 Å². The van der Waals surface area contributed by atoms with Gasteiger partial charge in [0.1, 0.15) is 5.52 Å². The van der Waals surface area contributed by atoms with Gasteiger partial charge in [0, 0.05) is 6.54 Å². The molecule has 0 spiro atoms. The van der Waals surface area contributed by atoms with Crippen molar-refractivity contribution in [2.45, 2.75) is 41.7 Å². The molecule has 0 saturated carbocycles. The molecule has 94 valence electrons. The summed E-state index contributed by atoms with van der Waals surface area (Å²) < 4.78 is 2.03. The van der Waals surface area contributed by atoms with Crippen LogP contribution in [0.5, 0.6) is 0 Å². The van der Waals surface area contributed by atoms with Gasteiger partial charge in [0.15, 0.2) is 5.65 Å². The van der Waals surface area contributed by atoms with Crippen LogP contribution in [0.15, 0.2) is 6.33 Å². The molecule has 2 aromatic rings. The monoisotopic (exact) mass is 235 g/mol. The topological polar surface area (TPSA) is 69.6 Å². The van der Waals surface area contributed by atoms with E-state index in [4.69, 9.17) is 5.73 Å². The van der Waals surface area contributed by atoms with E-state index in [2.05, 4.69) is 35.7 Å². The first-order chi connectivity index (χ1) is 7.37. The minimum Gasteiger partial charge on any atom is -0.368 e. The number of aromatic nitrogens is 4. The molecule has 0 amide bonds. The lowest BCUT2D eigenvalue weighted by atomic mass is 9.97. The fourth-order valence-electron chi connectivity index (χ4n) is 1.73. The Bertz CT molecular complexity index is 521. The molecule has 17 heavy (non-hydrogen) atoms. The summed E-state index contributed by atoms with van der Waals surface area (Å²) in [7, 11) is 0. The van der Waals surface area contributed by atoms with Crippen LogP contribution in [0, 0.1) is 12.3 Å². The molecule has 5 nitrogen and oxygen atoms in total. The summed E-state index contributed by atoms with van der Waals surface area (Å²) in [5.41, 5.74) is 8.32. The Morgan fingerprint density at radius 2 is 1.94 bits per heavy atom. The van der Waals surface area contributed by atoms with Gasteiger partial charge < -0.3 is 10.3 Å². The summed E-state index contributed by atoms with van der Waals surface area (Å²) in [6.45, 7) is 9.29. The molecule has 5 heteroatoms. The summed E-state index contributed by atoms with van der Waals surface area (Å²) in [6.07, 6.45) is 1.80. The van der Waals surface area contributed by atoms with Crippen LogP contribution in [0.2, 0.25) is 0 Å². The molecule has 0 saturated heterocycles.